The van der Waals surface area contributed by atoms with Gasteiger partial charge in [-0.25, -0.2) is 0 Å². The molecule has 0 saturated carbocycles. The third-order valence-electron chi connectivity index (χ3n) is 6.38. The highest BCUT2D eigenvalue weighted by Gasteiger charge is 2.35. The van der Waals surface area contributed by atoms with E-state index in [9.17, 15) is 0 Å². The molecule has 0 heterocycles. The average molecular weight is 481 g/mol. The van der Waals surface area contributed by atoms with E-state index in [0.29, 0.717) is 0 Å². The Balaban J connectivity index is 1.89. The van der Waals surface area contributed by atoms with Gasteiger partial charge in [0, 0.05) is 21.8 Å². The van der Waals surface area contributed by atoms with Gasteiger partial charge in [-0.15, -0.1) is 0 Å². The second-order valence-electron chi connectivity index (χ2n) is 9.82. The lowest BCUT2D eigenvalue weighted by molar-refractivity contribution is 0.368. The summed E-state index contributed by atoms with van der Waals surface area (Å²) in [4.78, 5) is 0. The summed E-state index contributed by atoms with van der Waals surface area (Å²) in [6.07, 6.45) is 4.41. The van der Waals surface area contributed by atoms with E-state index in [0.717, 1.165) is 32.8 Å². The van der Waals surface area contributed by atoms with Gasteiger partial charge in [0.05, 0.1) is 7.11 Å². The lowest BCUT2D eigenvalue weighted by Gasteiger charge is -2.32. The van der Waals surface area contributed by atoms with Crippen molar-refractivity contribution in [2.24, 2.45) is 5.41 Å². The lowest BCUT2D eigenvalue weighted by Crippen LogP contribution is -2.30. The molecule has 4 rings (SSSR count). The maximum Gasteiger partial charge on any atom is 0.171 e. The van der Waals surface area contributed by atoms with E-state index in [1.54, 1.807) is 7.11 Å². The Hall–Kier alpha value is -3.35. The second kappa shape index (κ2) is 10.5. The molecular formula is C32H33O2P. The minimum Gasteiger partial charge on any atom is -0.497 e. The molecule has 4 aromatic rings. The molecule has 0 spiro atoms. The van der Waals surface area contributed by atoms with Gasteiger partial charge < -0.3 is 9.30 Å². The standard InChI is InChI=1S/C32H33O2P/c1-32(2,3)30(24-21-25-19-22-26(34-4)23-20-25)29-17-11-12-18-31(29)35(33,27-13-7-5-8-14-27)28-15-9-6-10-16-28/h5-24,30H,1-4H3/b24-21-. The fraction of sp³-hybridized carbons (Fsp3) is 0.188. The van der Waals surface area contributed by atoms with Gasteiger partial charge in [-0.2, -0.15) is 0 Å². The zero-order valence-corrected chi connectivity index (χ0v) is 21.8. The first-order valence-electron chi connectivity index (χ1n) is 12.0. The Labute approximate surface area is 209 Å². The highest BCUT2D eigenvalue weighted by Crippen LogP contribution is 2.47. The van der Waals surface area contributed by atoms with Crippen LogP contribution in [0.25, 0.3) is 6.08 Å². The van der Waals surface area contributed by atoms with Gasteiger partial charge in [0.1, 0.15) is 5.75 Å². The number of ether oxygens (including phenoxy) is 1. The summed E-state index contributed by atoms with van der Waals surface area (Å²) < 4.78 is 20.5. The van der Waals surface area contributed by atoms with E-state index < -0.39 is 7.14 Å². The first-order valence-corrected chi connectivity index (χ1v) is 13.7. The molecule has 35 heavy (non-hydrogen) atoms. The molecule has 0 aliphatic heterocycles. The summed E-state index contributed by atoms with van der Waals surface area (Å²) in [5, 5.41) is 2.60. The first-order chi connectivity index (χ1) is 16.8. The third kappa shape index (κ3) is 5.34. The highest BCUT2D eigenvalue weighted by molar-refractivity contribution is 7.85. The topological polar surface area (TPSA) is 26.3 Å². The molecule has 1 atom stereocenters. The van der Waals surface area contributed by atoms with Crippen molar-refractivity contribution >= 4 is 29.1 Å². The number of hydrogen-bond donors (Lipinski definition) is 0. The van der Waals surface area contributed by atoms with Crippen molar-refractivity contribution in [3.05, 3.63) is 126 Å². The van der Waals surface area contributed by atoms with Crippen molar-refractivity contribution in [2.75, 3.05) is 7.11 Å². The molecule has 178 valence electrons. The second-order valence-corrected chi connectivity index (χ2v) is 12.5. The average Bonchev–Trinajstić information content (AvgIpc) is 2.89. The quantitative estimate of drug-likeness (QED) is 0.262. The maximum absolute atomic E-state index is 15.2. The number of hydrogen-bond acceptors (Lipinski definition) is 2. The van der Waals surface area contributed by atoms with Crippen LogP contribution in [0.3, 0.4) is 0 Å². The Morgan fingerprint density at radius 3 is 1.74 bits per heavy atom. The van der Waals surface area contributed by atoms with Crippen molar-refractivity contribution in [3.63, 3.8) is 0 Å². The first kappa shape index (κ1) is 24.8. The number of methoxy groups -OCH3 is 1. The van der Waals surface area contributed by atoms with E-state index in [1.165, 1.54) is 0 Å². The number of rotatable bonds is 7. The number of benzene rings is 4. The molecule has 1 unspecified atom stereocenters. The monoisotopic (exact) mass is 480 g/mol. The van der Waals surface area contributed by atoms with E-state index in [2.05, 4.69) is 63.3 Å². The molecule has 0 N–H and O–H groups in total. The minimum atomic E-state index is -3.09. The summed E-state index contributed by atoms with van der Waals surface area (Å²) in [5.74, 6) is 0.896. The summed E-state index contributed by atoms with van der Waals surface area (Å²) in [6, 6.07) is 36.1. The molecule has 0 aliphatic rings. The molecule has 0 radical (unpaired) electrons. The fourth-order valence-corrected chi connectivity index (χ4v) is 7.43. The predicted molar refractivity (Wildman–Crippen MR) is 150 cm³/mol. The molecule has 0 saturated heterocycles. The largest absolute Gasteiger partial charge is 0.497 e. The van der Waals surface area contributed by atoms with Crippen LogP contribution in [0, 0.1) is 5.41 Å². The molecule has 3 heteroatoms. The summed E-state index contributed by atoms with van der Waals surface area (Å²) in [6.45, 7) is 6.72. The van der Waals surface area contributed by atoms with Crippen LogP contribution in [-0.2, 0) is 4.57 Å². The summed E-state index contributed by atoms with van der Waals surface area (Å²) in [5.41, 5.74) is 2.12. The van der Waals surface area contributed by atoms with Crippen LogP contribution in [0.4, 0.5) is 0 Å². The van der Waals surface area contributed by atoms with Crippen LogP contribution >= 0.6 is 7.14 Å². The van der Waals surface area contributed by atoms with Crippen molar-refractivity contribution in [3.8, 4) is 5.75 Å². The lowest BCUT2D eigenvalue weighted by atomic mass is 9.76. The van der Waals surface area contributed by atoms with Gasteiger partial charge in [0.15, 0.2) is 7.14 Å². The van der Waals surface area contributed by atoms with E-state index in [-0.39, 0.29) is 11.3 Å². The van der Waals surface area contributed by atoms with Crippen LogP contribution in [0.1, 0.15) is 37.8 Å². The van der Waals surface area contributed by atoms with Crippen LogP contribution < -0.4 is 20.7 Å². The van der Waals surface area contributed by atoms with E-state index >= 15 is 4.57 Å². The van der Waals surface area contributed by atoms with Crippen molar-refractivity contribution < 1.29 is 9.30 Å². The SMILES string of the molecule is COc1ccc(/C=C\C(c2ccccc2P(=O)(c2ccccc2)c2ccccc2)C(C)(C)C)cc1. The Morgan fingerprint density at radius 1 is 0.714 bits per heavy atom. The summed E-state index contributed by atoms with van der Waals surface area (Å²) in [7, 11) is -1.42. The normalized spacial score (nSPS) is 13.0. The van der Waals surface area contributed by atoms with Crippen molar-refractivity contribution in [1.82, 2.24) is 0 Å². The van der Waals surface area contributed by atoms with Crippen LogP contribution in [0.2, 0.25) is 0 Å². The van der Waals surface area contributed by atoms with Gasteiger partial charge in [-0.05, 0) is 28.7 Å². The van der Waals surface area contributed by atoms with E-state index in [4.69, 9.17) is 4.74 Å². The Bertz CT molecular complexity index is 1270. The van der Waals surface area contributed by atoms with Gasteiger partial charge >= 0.3 is 0 Å². The molecule has 2 nitrogen and oxygen atoms in total. The zero-order chi connectivity index (χ0) is 24.9. The van der Waals surface area contributed by atoms with E-state index in [1.807, 2.05) is 78.9 Å². The number of allylic oxidation sites excluding steroid dienone is 1. The van der Waals surface area contributed by atoms with Crippen LogP contribution in [-0.4, -0.2) is 7.11 Å². The van der Waals surface area contributed by atoms with Gasteiger partial charge in [-0.3, -0.25) is 0 Å². The van der Waals surface area contributed by atoms with Crippen molar-refractivity contribution in [2.45, 2.75) is 26.7 Å². The van der Waals surface area contributed by atoms with Gasteiger partial charge in [-0.1, -0.05) is 130 Å². The van der Waals surface area contributed by atoms with Crippen LogP contribution in [0.5, 0.6) is 5.75 Å². The molecule has 0 bridgehead atoms. The molecule has 0 amide bonds. The summed E-state index contributed by atoms with van der Waals surface area (Å²) >= 11 is 0. The Morgan fingerprint density at radius 2 is 1.23 bits per heavy atom. The molecule has 4 aromatic carbocycles. The fourth-order valence-electron chi connectivity index (χ4n) is 4.52. The minimum absolute atomic E-state index is 0.0570. The molecular weight excluding hydrogens is 447 g/mol. The maximum atomic E-state index is 15.2. The Kier molecular flexibility index (Phi) is 7.43. The predicted octanol–water partition coefficient (Wildman–Crippen LogP) is 7.18. The van der Waals surface area contributed by atoms with Crippen molar-refractivity contribution in [1.29, 1.82) is 0 Å². The van der Waals surface area contributed by atoms with Gasteiger partial charge in [0.25, 0.3) is 0 Å². The molecule has 0 aromatic heterocycles. The van der Waals surface area contributed by atoms with Gasteiger partial charge in [0.2, 0.25) is 0 Å². The smallest absolute Gasteiger partial charge is 0.171 e. The highest BCUT2D eigenvalue weighted by atomic mass is 31.2. The van der Waals surface area contributed by atoms with Crippen LogP contribution in [0.15, 0.2) is 115 Å². The molecule has 0 aliphatic carbocycles. The molecule has 0 fully saturated rings. The zero-order valence-electron chi connectivity index (χ0n) is 20.9. The third-order valence-corrected chi connectivity index (χ3v) is 9.52.